The summed E-state index contributed by atoms with van der Waals surface area (Å²) in [5.74, 6) is 0. The lowest BCUT2D eigenvalue weighted by molar-refractivity contribution is 0.666. The van der Waals surface area contributed by atoms with E-state index in [0.717, 1.165) is 35.6 Å². The van der Waals surface area contributed by atoms with Gasteiger partial charge in [-0.15, -0.1) is 0 Å². The topological polar surface area (TPSA) is 32.3 Å². The summed E-state index contributed by atoms with van der Waals surface area (Å²) in [5, 5.41) is 0. The van der Waals surface area contributed by atoms with Crippen LogP contribution >= 0.6 is 23.5 Å². The number of nitrogens with zero attached hydrogens (tertiary/aromatic N) is 4. The third-order valence-corrected chi connectivity index (χ3v) is 12.4. The minimum absolute atomic E-state index is 0.882. The fourth-order valence-electron chi connectivity index (χ4n) is 7.40. The predicted octanol–water partition coefficient (Wildman–Crippen LogP) is 13.8. The Morgan fingerprint density at radius 2 is 0.846 bits per heavy atom. The molecular formula is C46H46N4S2. The summed E-state index contributed by atoms with van der Waals surface area (Å²) in [7, 11) is 0. The summed E-state index contributed by atoms with van der Waals surface area (Å²) in [6.07, 6.45) is 13.8. The molecule has 0 N–H and O–H groups in total. The van der Waals surface area contributed by atoms with E-state index in [1.54, 1.807) is 0 Å². The first-order valence-electron chi connectivity index (χ1n) is 19.0. The zero-order valence-electron chi connectivity index (χ0n) is 30.2. The highest BCUT2D eigenvalue weighted by molar-refractivity contribution is 8.00. The largest absolute Gasteiger partial charge is 0.340 e. The van der Waals surface area contributed by atoms with Crippen molar-refractivity contribution < 1.29 is 0 Å². The van der Waals surface area contributed by atoms with Crippen LogP contribution in [0.4, 0.5) is 22.7 Å². The van der Waals surface area contributed by atoms with Gasteiger partial charge in [-0.25, -0.2) is 0 Å². The Labute approximate surface area is 317 Å². The van der Waals surface area contributed by atoms with E-state index in [1.807, 2.05) is 35.9 Å². The molecule has 4 nitrogen and oxygen atoms in total. The molecule has 4 heterocycles. The smallest absolute Gasteiger partial charge is 0.0892 e. The molecule has 262 valence electrons. The van der Waals surface area contributed by atoms with Crippen molar-refractivity contribution in [1.82, 2.24) is 9.97 Å². The van der Waals surface area contributed by atoms with Crippen LogP contribution < -0.4 is 9.80 Å². The molecular weight excluding hydrogens is 673 g/mol. The Bertz CT molecular complexity index is 2020. The van der Waals surface area contributed by atoms with Gasteiger partial charge in [-0.1, -0.05) is 112 Å². The van der Waals surface area contributed by atoms with Gasteiger partial charge in [0.25, 0.3) is 0 Å². The molecule has 0 saturated carbocycles. The van der Waals surface area contributed by atoms with Crippen molar-refractivity contribution in [3.63, 3.8) is 0 Å². The average molecular weight is 719 g/mol. The molecule has 0 bridgehead atoms. The van der Waals surface area contributed by atoms with Crippen molar-refractivity contribution in [2.45, 2.75) is 84.8 Å². The van der Waals surface area contributed by atoms with Gasteiger partial charge < -0.3 is 9.80 Å². The van der Waals surface area contributed by atoms with Crippen LogP contribution in [-0.2, 0) is 0 Å². The number of pyridine rings is 2. The molecule has 6 heteroatoms. The van der Waals surface area contributed by atoms with Crippen molar-refractivity contribution in [3.05, 3.63) is 122 Å². The number of hydrogen-bond donors (Lipinski definition) is 0. The van der Waals surface area contributed by atoms with Gasteiger partial charge in [0.05, 0.1) is 34.1 Å². The predicted molar refractivity (Wildman–Crippen MR) is 222 cm³/mol. The summed E-state index contributed by atoms with van der Waals surface area (Å²) in [6, 6.07) is 40.1. The normalized spacial score (nSPS) is 13.0. The molecule has 0 amide bonds. The molecule has 0 radical (unpaired) electrons. The summed E-state index contributed by atoms with van der Waals surface area (Å²) in [6.45, 7) is 6.63. The summed E-state index contributed by atoms with van der Waals surface area (Å²) < 4.78 is 0. The molecule has 0 saturated heterocycles. The Morgan fingerprint density at radius 1 is 0.423 bits per heavy atom. The Kier molecular flexibility index (Phi) is 10.6. The Hall–Kier alpha value is -4.52. The van der Waals surface area contributed by atoms with Gasteiger partial charge in [0.15, 0.2) is 0 Å². The van der Waals surface area contributed by atoms with Crippen LogP contribution in [0.25, 0.3) is 33.6 Å². The number of hydrogen-bond acceptors (Lipinski definition) is 6. The van der Waals surface area contributed by atoms with Crippen molar-refractivity contribution in [2.24, 2.45) is 0 Å². The number of unbranched alkanes of at least 4 members (excludes halogenated alkanes) is 6. The molecule has 6 aromatic rings. The van der Waals surface area contributed by atoms with Crippen LogP contribution in [0.15, 0.2) is 141 Å². The molecule has 0 atom stereocenters. The minimum atomic E-state index is 0.882. The van der Waals surface area contributed by atoms with Gasteiger partial charge in [0.2, 0.25) is 0 Å². The number of fused-ring (bicyclic) bond motifs is 4. The maximum Gasteiger partial charge on any atom is 0.0892 e. The zero-order chi connectivity index (χ0) is 35.3. The summed E-state index contributed by atoms with van der Waals surface area (Å²) in [4.78, 5) is 19.9. The van der Waals surface area contributed by atoms with Gasteiger partial charge in [-0.05, 0) is 108 Å². The average Bonchev–Trinajstić information content (AvgIpc) is 3.20. The van der Waals surface area contributed by atoms with E-state index in [4.69, 9.17) is 9.97 Å². The molecule has 0 unspecified atom stereocenters. The molecule has 0 spiro atoms. The van der Waals surface area contributed by atoms with E-state index in [2.05, 4.69) is 133 Å². The second-order valence-corrected chi connectivity index (χ2v) is 16.0. The highest BCUT2D eigenvalue weighted by Gasteiger charge is 2.25. The first kappa shape index (κ1) is 34.6. The van der Waals surface area contributed by atoms with E-state index >= 15 is 0 Å². The van der Waals surface area contributed by atoms with Gasteiger partial charge in [-0.3, -0.25) is 9.97 Å². The molecule has 8 rings (SSSR count). The first-order valence-corrected chi connectivity index (χ1v) is 20.6. The van der Waals surface area contributed by atoms with Gasteiger partial charge in [0, 0.05) is 45.1 Å². The molecule has 2 aliphatic rings. The zero-order valence-corrected chi connectivity index (χ0v) is 31.9. The van der Waals surface area contributed by atoms with Crippen molar-refractivity contribution >= 4 is 46.3 Å². The molecule has 4 aromatic carbocycles. The first-order chi connectivity index (χ1) is 25.7. The number of anilines is 4. The number of rotatable bonds is 13. The quantitative estimate of drug-likeness (QED) is 0.111. The lowest BCUT2D eigenvalue weighted by Gasteiger charge is -2.33. The monoisotopic (exact) mass is 718 g/mol. The Balaban J connectivity index is 1.06. The fraction of sp³-hybridized carbons (Fsp3) is 0.261. The van der Waals surface area contributed by atoms with E-state index in [-0.39, 0.29) is 0 Å². The van der Waals surface area contributed by atoms with E-state index in [1.165, 1.54) is 105 Å². The molecule has 52 heavy (non-hydrogen) atoms. The maximum absolute atomic E-state index is 4.81. The second kappa shape index (κ2) is 16.0. The van der Waals surface area contributed by atoms with Crippen LogP contribution in [-0.4, -0.2) is 23.1 Å². The second-order valence-electron chi connectivity index (χ2n) is 13.8. The van der Waals surface area contributed by atoms with E-state index in [0.29, 0.717) is 0 Å². The van der Waals surface area contributed by atoms with Crippen LogP contribution in [0.1, 0.15) is 65.2 Å². The maximum atomic E-state index is 4.81. The van der Waals surface area contributed by atoms with Crippen LogP contribution in [0, 0.1) is 0 Å². The third-order valence-electron chi connectivity index (χ3n) is 10.2. The SMILES string of the molecule is CCCCCCN1c2ccccc2Sc2cc(-c3ccnc(-c4cc(-c5ccc6c(c5)Sc5ccccc5N6CCCCCC)ccn4)c3)ccc21. The Morgan fingerprint density at radius 3 is 1.31 bits per heavy atom. The fourth-order valence-corrected chi connectivity index (χ4v) is 9.67. The van der Waals surface area contributed by atoms with E-state index < -0.39 is 0 Å². The number of aromatic nitrogens is 2. The standard InChI is InChI=1S/C46H46N4S2/c1-3-5-7-13-27-49-39-15-9-11-17-43(39)51-45-31-33(19-21-41(45)49)35-23-25-47-37(29-35)38-30-36(24-26-48-38)34-20-22-42-46(32-34)52-44-18-12-10-16-40(44)50(42)28-14-8-6-4-2/h9-12,15-26,29-32H,3-8,13-14,27-28H2,1-2H3. The van der Waals surface area contributed by atoms with Crippen LogP contribution in [0.3, 0.4) is 0 Å². The van der Waals surface area contributed by atoms with Crippen molar-refractivity contribution in [2.75, 3.05) is 22.9 Å². The number of benzene rings is 4. The van der Waals surface area contributed by atoms with Crippen molar-refractivity contribution in [1.29, 1.82) is 0 Å². The van der Waals surface area contributed by atoms with Crippen LogP contribution in [0.5, 0.6) is 0 Å². The lowest BCUT2D eigenvalue weighted by atomic mass is 10.0. The summed E-state index contributed by atoms with van der Waals surface area (Å²) >= 11 is 3.75. The minimum Gasteiger partial charge on any atom is -0.340 e. The lowest BCUT2D eigenvalue weighted by Crippen LogP contribution is -2.21. The van der Waals surface area contributed by atoms with Gasteiger partial charge >= 0.3 is 0 Å². The van der Waals surface area contributed by atoms with Gasteiger partial charge in [-0.2, -0.15) is 0 Å². The molecule has 2 aromatic heterocycles. The molecule has 2 aliphatic heterocycles. The van der Waals surface area contributed by atoms with E-state index in [9.17, 15) is 0 Å². The highest BCUT2D eigenvalue weighted by atomic mass is 32.2. The molecule has 0 aliphatic carbocycles. The highest BCUT2D eigenvalue weighted by Crippen LogP contribution is 2.50. The van der Waals surface area contributed by atoms with Crippen molar-refractivity contribution in [3.8, 4) is 33.6 Å². The molecule has 0 fully saturated rings. The number of para-hydroxylation sites is 2. The van der Waals surface area contributed by atoms with Crippen LogP contribution in [0.2, 0.25) is 0 Å². The summed E-state index contributed by atoms with van der Waals surface area (Å²) in [5.41, 5.74) is 11.7. The van der Waals surface area contributed by atoms with Gasteiger partial charge in [0.1, 0.15) is 0 Å². The third kappa shape index (κ3) is 7.24.